The molecule has 1 aliphatic carbocycles. The molecule has 0 saturated heterocycles. The third kappa shape index (κ3) is 5.90. The number of amides is 1. The maximum absolute atomic E-state index is 14.5. The van der Waals surface area contributed by atoms with Crippen LogP contribution in [-0.4, -0.2) is 30.3 Å². The van der Waals surface area contributed by atoms with Gasteiger partial charge in [-0.25, -0.2) is 18.4 Å². The summed E-state index contributed by atoms with van der Waals surface area (Å²) in [5, 5.41) is 2.74. The van der Waals surface area contributed by atoms with Gasteiger partial charge in [0.1, 0.15) is 34.3 Å². The summed E-state index contributed by atoms with van der Waals surface area (Å²) >= 11 is 0. The number of fused-ring (bicyclic) bond motifs is 1. The molecule has 8 heteroatoms. The fourth-order valence-electron chi connectivity index (χ4n) is 4.48. The molecule has 0 aliphatic heterocycles. The van der Waals surface area contributed by atoms with Gasteiger partial charge in [0.15, 0.2) is 0 Å². The first kappa shape index (κ1) is 26.1. The highest BCUT2D eigenvalue weighted by Gasteiger charge is 2.45. The highest BCUT2D eigenvalue weighted by atomic mass is 19.1. The van der Waals surface area contributed by atoms with Gasteiger partial charge in [0.05, 0.1) is 7.11 Å². The number of nitrogens with one attached hydrogen (secondary N) is 1. The second kappa shape index (κ2) is 10.2. The van der Waals surface area contributed by atoms with E-state index in [1.165, 1.54) is 19.2 Å². The molecule has 6 nitrogen and oxygen atoms in total. The molecule has 1 unspecified atom stereocenters. The Bertz CT molecular complexity index is 1330. The van der Waals surface area contributed by atoms with Crippen molar-refractivity contribution >= 4 is 12.1 Å². The van der Waals surface area contributed by atoms with Crippen molar-refractivity contribution in [3.63, 3.8) is 0 Å². The number of rotatable bonds is 5. The lowest BCUT2D eigenvalue weighted by Gasteiger charge is -2.36. The topological polar surface area (TPSA) is 73.9 Å². The fraction of sp³-hybridized carbons (Fsp3) is 0.310. The number of benzene rings is 3. The average Bonchev–Trinajstić information content (AvgIpc) is 2.82. The van der Waals surface area contributed by atoms with E-state index in [4.69, 9.17) is 14.2 Å². The van der Waals surface area contributed by atoms with Gasteiger partial charge in [-0.05, 0) is 75.1 Å². The van der Waals surface area contributed by atoms with Gasteiger partial charge in [0, 0.05) is 23.6 Å². The summed E-state index contributed by atoms with van der Waals surface area (Å²) < 4.78 is 44.5. The Labute approximate surface area is 214 Å². The minimum absolute atomic E-state index is 0.180. The molecule has 3 aromatic rings. The fourth-order valence-corrected chi connectivity index (χ4v) is 4.48. The monoisotopic (exact) mass is 509 g/mol. The number of hydrogen-bond donors (Lipinski definition) is 1. The molecule has 1 N–H and O–H groups in total. The molecule has 3 aromatic carbocycles. The normalized spacial score (nSPS) is 16.9. The number of hydrogen-bond acceptors (Lipinski definition) is 5. The SMILES string of the molecule is COC(=O)C1(NC(=O)OC(C)(C)C)CCc2ccc(Oc3ccccc3-c3ccc(F)cc3F)cc2C1. The molecule has 0 fully saturated rings. The van der Waals surface area contributed by atoms with Crippen molar-refractivity contribution in [2.75, 3.05) is 7.11 Å². The predicted octanol–water partition coefficient (Wildman–Crippen LogP) is 6.35. The summed E-state index contributed by atoms with van der Waals surface area (Å²) in [5.74, 6) is -1.07. The zero-order valence-corrected chi connectivity index (χ0v) is 21.2. The van der Waals surface area contributed by atoms with E-state index in [0.29, 0.717) is 29.9 Å². The van der Waals surface area contributed by atoms with Crippen LogP contribution in [0, 0.1) is 11.6 Å². The molecule has 0 bridgehead atoms. The number of carbonyl (C=O) groups excluding carboxylic acids is 2. The van der Waals surface area contributed by atoms with Crippen molar-refractivity contribution in [1.29, 1.82) is 0 Å². The summed E-state index contributed by atoms with van der Waals surface area (Å²) in [6.07, 6.45) is 0.347. The van der Waals surface area contributed by atoms with Crippen LogP contribution in [0.3, 0.4) is 0 Å². The Morgan fingerprint density at radius 1 is 0.946 bits per heavy atom. The third-order valence-corrected chi connectivity index (χ3v) is 6.14. The molecule has 1 amide bonds. The Balaban J connectivity index is 1.63. The van der Waals surface area contributed by atoms with Crippen LogP contribution in [0.4, 0.5) is 13.6 Å². The zero-order valence-electron chi connectivity index (χ0n) is 21.2. The predicted molar refractivity (Wildman–Crippen MR) is 134 cm³/mol. The lowest BCUT2D eigenvalue weighted by molar-refractivity contribution is -0.149. The summed E-state index contributed by atoms with van der Waals surface area (Å²) in [4.78, 5) is 25.4. The second-order valence-electron chi connectivity index (χ2n) is 10.0. The van der Waals surface area contributed by atoms with Crippen molar-refractivity contribution in [3.8, 4) is 22.6 Å². The van der Waals surface area contributed by atoms with E-state index in [0.717, 1.165) is 17.2 Å². The van der Waals surface area contributed by atoms with Crippen LogP contribution < -0.4 is 10.1 Å². The van der Waals surface area contributed by atoms with Crippen molar-refractivity contribution in [1.82, 2.24) is 5.32 Å². The van der Waals surface area contributed by atoms with Crippen LogP contribution in [0.5, 0.6) is 11.5 Å². The van der Waals surface area contributed by atoms with Gasteiger partial charge in [-0.15, -0.1) is 0 Å². The number of carbonyl (C=O) groups is 2. The van der Waals surface area contributed by atoms with Crippen LogP contribution in [-0.2, 0) is 27.1 Å². The molecule has 0 heterocycles. The van der Waals surface area contributed by atoms with Crippen molar-refractivity contribution in [2.45, 2.75) is 51.2 Å². The summed E-state index contributed by atoms with van der Waals surface area (Å²) in [6, 6.07) is 15.8. The van der Waals surface area contributed by atoms with Gasteiger partial charge in [-0.2, -0.15) is 0 Å². The molecule has 194 valence electrons. The minimum Gasteiger partial charge on any atom is -0.467 e. The van der Waals surface area contributed by atoms with Crippen molar-refractivity contribution < 1.29 is 32.6 Å². The third-order valence-electron chi connectivity index (χ3n) is 6.14. The summed E-state index contributed by atoms with van der Waals surface area (Å²) in [5.41, 5.74) is 0.463. The first-order valence-corrected chi connectivity index (χ1v) is 11.9. The maximum Gasteiger partial charge on any atom is 0.408 e. The van der Waals surface area contributed by atoms with Crippen LogP contribution >= 0.6 is 0 Å². The van der Waals surface area contributed by atoms with Crippen LogP contribution in [0.2, 0.25) is 0 Å². The van der Waals surface area contributed by atoms with Gasteiger partial charge >= 0.3 is 12.1 Å². The van der Waals surface area contributed by atoms with Crippen molar-refractivity contribution in [3.05, 3.63) is 83.4 Å². The molecule has 0 radical (unpaired) electrons. The molecule has 1 atom stereocenters. The van der Waals surface area contributed by atoms with Gasteiger partial charge in [0.25, 0.3) is 0 Å². The van der Waals surface area contributed by atoms with E-state index in [2.05, 4.69) is 5.32 Å². The Hall–Kier alpha value is -3.94. The number of para-hydroxylation sites is 1. The molecule has 0 spiro atoms. The van der Waals surface area contributed by atoms with Crippen LogP contribution in [0.15, 0.2) is 60.7 Å². The van der Waals surface area contributed by atoms with E-state index in [9.17, 15) is 18.4 Å². The molecule has 1 aliphatic rings. The van der Waals surface area contributed by atoms with Crippen LogP contribution in [0.25, 0.3) is 11.1 Å². The number of ether oxygens (including phenoxy) is 3. The Kier molecular flexibility index (Phi) is 7.21. The number of halogens is 2. The average molecular weight is 510 g/mol. The molecule has 37 heavy (non-hydrogen) atoms. The standard InChI is InChI=1S/C29H29F2NO5/c1-28(2,3)37-27(34)32-29(26(33)35-4)14-13-18-9-11-21(15-19(18)17-29)36-25-8-6-5-7-23(25)22-12-10-20(30)16-24(22)31/h5-12,15-16H,13-14,17H2,1-4H3,(H,32,34). The quantitative estimate of drug-likeness (QED) is 0.406. The second-order valence-corrected chi connectivity index (χ2v) is 10.0. The first-order valence-electron chi connectivity index (χ1n) is 11.9. The number of esters is 1. The molecule has 0 saturated carbocycles. The van der Waals surface area contributed by atoms with E-state index < -0.39 is 34.8 Å². The van der Waals surface area contributed by atoms with Gasteiger partial charge in [-0.3, -0.25) is 0 Å². The lowest BCUT2D eigenvalue weighted by atomic mass is 9.78. The summed E-state index contributed by atoms with van der Waals surface area (Å²) in [6.45, 7) is 5.23. The van der Waals surface area contributed by atoms with Gasteiger partial charge in [0.2, 0.25) is 0 Å². The Morgan fingerprint density at radius 2 is 1.70 bits per heavy atom. The highest BCUT2D eigenvalue weighted by molar-refractivity contribution is 5.86. The molecule has 0 aromatic heterocycles. The highest BCUT2D eigenvalue weighted by Crippen LogP contribution is 2.37. The largest absolute Gasteiger partial charge is 0.467 e. The van der Waals surface area contributed by atoms with E-state index in [-0.39, 0.29) is 12.0 Å². The summed E-state index contributed by atoms with van der Waals surface area (Å²) in [7, 11) is 1.28. The van der Waals surface area contributed by atoms with Crippen molar-refractivity contribution in [2.24, 2.45) is 0 Å². The van der Waals surface area contributed by atoms with E-state index >= 15 is 0 Å². The molecule has 4 rings (SSSR count). The van der Waals surface area contributed by atoms with Crippen LogP contribution in [0.1, 0.15) is 38.3 Å². The molecular weight excluding hydrogens is 480 g/mol. The smallest absolute Gasteiger partial charge is 0.408 e. The van der Waals surface area contributed by atoms with E-state index in [1.807, 2.05) is 6.07 Å². The minimum atomic E-state index is -1.29. The number of methoxy groups -OCH3 is 1. The number of aryl methyl sites for hydroxylation is 1. The van der Waals surface area contributed by atoms with Gasteiger partial charge < -0.3 is 19.5 Å². The van der Waals surface area contributed by atoms with E-state index in [1.54, 1.807) is 57.2 Å². The number of alkyl carbamates (subject to hydrolysis) is 1. The molecular formula is C29H29F2NO5. The lowest BCUT2D eigenvalue weighted by Crippen LogP contribution is -2.59. The first-order chi connectivity index (χ1) is 17.5. The maximum atomic E-state index is 14.5. The van der Waals surface area contributed by atoms with Gasteiger partial charge in [-0.1, -0.05) is 24.3 Å². The Morgan fingerprint density at radius 3 is 2.41 bits per heavy atom. The zero-order chi connectivity index (χ0) is 26.8.